The Labute approximate surface area is 217 Å². The SMILES string of the molecule is COc1cc(-c2cc(C(=O)N3CC[C@H](C(=O)N[C@H]4CC[C@@]5(CC4)NCC5(F)F)CC34CC4)n[nH]2)c(F)cn1. The zero-order chi connectivity index (χ0) is 26.7. The number of pyridine rings is 1. The molecule has 2 spiro atoms. The summed E-state index contributed by atoms with van der Waals surface area (Å²) in [6.07, 6.45) is 5.51. The third-order valence-electron chi connectivity index (χ3n) is 9.00. The van der Waals surface area contributed by atoms with Gasteiger partial charge in [0.1, 0.15) is 0 Å². The van der Waals surface area contributed by atoms with Crippen LogP contribution in [0, 0.1) is 11.7 Å². The zero-order valence-electron chi connectivity index (χ0n) is 21.2. The van der Waals surface area contributed by atoms with E-state index in [0.29, 0.717) is 50.8 Å². The van der Waals surface area contributed by atoms with Crippen LogP contribution in [-0.4, -0.2) is 75.1 Å². The van der Waals surface area contributed by atoms with Gasteiger partial charge in [-0.05, 0) is 57.4 Å². The van der Waals surface area contributed by atoms with Crippen LogP contribution in [-0.2, 0) is 4.79 Å². The first-order valence-electron chi connectivity index (χ1n) is 13.2. The summed E-state index contributed by atoms with van der Waals surface area (Å²) < 4.78 is 47.4. The van der Waals surface area contributed by atoms with Crippen LogP contribution in [0.2, 0.25) is 0 Å². The molecule has 6 rings (SSSR count). The van der Waals surface area contributed by atoms with Crippen molar-refractivity contribution in [3.63, 3.8) is 0 Å². The highest BCUT2D eigenvalue weighted by Crippen LogP contribution is 2.51. The van der Waals surface area contributed by atoms with Gasteiger partial charge in [-0.2, -0.15) is 5.10 Å². The Balaban J connectivity index is 1.07. The molecule has 204 valence electrons. The minimum absolute atomic E-state index is 0.0539. The maximum absolute atomic E-state index is 14.3. The van der Waals surface area contributed by atoms with E-state index in [1.165, 1.54) is 19.2 Å². The molecule has 0 unspecified atom stereocenters. The van der Waals surface area contributed by atoms with Crippen molar-refractivity contribution in [1.82, 2.24) is 30.7 Å². The second-order valence-electron chi connectivity index (χ2n) is 11.2. The van der Waals surface area contributed by atoms with Crippen LogP contribution in [0.15, 0.2) is 18.3 Å². The summed E-state index contributed by atoms with van der Waals surface area (Å²) in [6, 6.07) is 2.85. The molecule has 1 atom stereocenters. The second kappa shape index (κ2) is 8.96. The number of rotatable bonds is 5. The lowest BCUT2D eigenvalue weighted by molar-refractivity contribution is -0.170. The third kappa shape index (κ3) is 4.13. The molecule has 2 aliphatic heterocycles. The molecular weight excluding hydrogens is 501 g/mol. The van der Waals surface area contributed by atoms with Crippen molar-refractivity contribution in [2.45, 2.75) is 74.4 Å². The number of methoxy groups -OCH3 is 1. The van der Waals surface area contributed by atoms with Crippen LogP contribution in [0.5, 0.6) is 5.88 Å². The maximum Gasteiger partial charge on any atom is 0.278 e. The fraction of sp³-hybridized carbons (Fsp3) is 0.615. The summed E-state index contributed by atoms with van der Waals surface area (Å²) in [6.45, 7) is 0.152. The molecule has 3 N–H and O–H groups in total. The number of likely N-dealkylation sites (tertiary alicyclic amines) is 1. The maximum atomic E-state index is 14.3. The Morgan fingerprint density at radius 3 is 2.55 bits per heavy atom. The Hall–Kier alpha value is -3.15. The highest BCUT2D eigenvalue weighted by molar-refractivity contribution is 5.94. The number of carbonyl (C=O) groups excluding carboxylic acids is 2. The van der Waals surface area contributed by atoms with Gasteiger partial charge in [0.25, 0.3) is 11.8 Å². The molecule has 12 heteroatoms. The number of amides is 2. The van der Waals surface area contributed by atoms with E-state index in [4.69, 9.17) is 4.74 Å². The molecule has 38 heavy (non-hydrogen) atoms. The molecule has 2 aromatic heterocycles. The quantitative estimate of drug-likeness (QED) is 0.546. The second-order valence-corrected chi connectivity index (χ2v) is 11.2. The normalized spacial score (nSPS) is 29.1. The zero-order valence-corrected chi connectivity index (χ0v) is 21.2. The highest BCUT2D eigenvalue weighted by atomic mass is 19.3. The predicted molar refractivity (Wildman–Crippen MR) is 130 cm³/mol. The van der Waals surface area contributed by atoms with Crippen LogP contribution in [0.1, 0.15) is 61.9 Å². The predicted octanol–water partition coefficient (Wildman–Crippen LogP) is 3.04. The summed E-state index contributed by atoms with van der Waals surface area (Å²) in [5, 5.41) is 12.9. The average molecular weight is 533 g/mol. The summed E-state index contributed by atoms with van der Waals surface area (Å²) in [5.41, 5.74) is -0.753. The van der Waals surface area contributed by atoms with Crippen LogP contribution < -0.4 is 15.4 Å². The van der Waals surface area contributed by atoms with Gasteiger partial charge in [0.05, 0.1) is 31.1 Å². The number of hydrogen-bond donors (Lipinski definition) is 3. The lowest BCUT2D eigenvalue weighted by atomic mass is 9.70. The van der Waals surface area contributed by atoms with E-state index >= 15 is 0 Å². The summed E-state index contributed by atoms with van der Waals surface area (Å²) in [4.78, 5) is 32.1. The fourth-order valence-corrected chi connectivity index (χ4v) is 6.39. The molecule has 2 aliphatic carbocycles. The number of halogens is 3. The lowest BCUT2D eigenvalue weighted by Crippen LogP contribution is -2.75. The summed E-state index contributed by atoms with van der Waals surface area (Å²) >= 11 is 0. The first-order chi connectivity index (χ1) is 18.2. The number of ether oxygens (including phenoxy) is 1. The van der Waals surface area contributed by atoms with Gasteiger partial charge >= 0.3 is 0 Å². The number of nitrogens with one attached hydrogen (secondary N) is 3. The van der Waals surface area contributed by atoms with Gasteiger partial charge in [-0.3, -0.25) is 14.7 Å². The summed E-state index contributed by atoms with van der Waals surface area (Å²) in [7, 11) is 1.43. The molecule has 4 heterocycles. The number of hydrogen-bond acceptors (Lipinski definition) is 6. The van der Waals surface area contributed by atoms with Gasteiger partial charge in [-0.15, -0.1) is 0 Å². The molecular formula is C26H31F3N6O3. The van der Waals surface area contributed by atoms with E-state index in [9.17, 15) is 22.8 Å². The van der Waals surface area contributed by atoms with E-state index in [1.54, 1.807) is 4.90 Å². The lowest BCUT2D eigenvalue weighted by Gasteiger charge is -2.53. The molecule has 0 aromatic carbocycles. The van der Waals surface area contributed by atoms with Gasteiger partial charge in [0.2, 0.25) is 11.8 Å². The van der Waals surface area contributed by atoms with Crippen LogP contribution in [0.4, 0.5) is 13.2 Å². The minimum Gasteiger partial charge on any atom is -0.481 e. The van der Waals surface area contributed by atoms with E-state index in [2.05, 4.69) is 25.8 Å². The standard InChI is InChI=1S/C26H31F3N6O3/c1-38-21-10-17(18(27)13-30-21)19-11-20(34-33-19)23(37)35-9-4-15(12-24(35)7-8-24)22(36)32-16-2-5-25(6-3-16)26(28,29)14-31-25/h10-11,13,15-16,31H,2-9,12,14H2,1H3,(H,32,36)(H,33,34)/t15-,16-,25-/m0/s1. The molecule has 4 aliphatic rings. The molecule has 2 amide bonds. The number of alkyl halides is 2. The number of nitrogens with zero attached hydrogens (tertiary/aromatic N) is 3. The Morgan fingerprint density at radius 1 is 1.16 bits per heavy atom. The molecule has 0 bridgehead atoms. The van der Waals surface area contributed by atoms with Gasteiger partial charge < -0.3 is 20.3 Å². The smallest absolute Gasteiger partial charge is 0.278 e. The first-order valence-corrected chi connectivity index (χ1v) is 13.2. The molecule has 2 saturated heterocycles. The van der Waals surface area contributed by atoms with Crippen LogP contribution in [0.3, 0.4) is 0 Å². The monoisotopic (exact) mass is 532 g/mol. The highest BCUT2D eigenvalue weighted by Gasteiger charge is 2.62. The van der Waals surface area contributed by atoms with Crippen LogP contribution in [0.25, 0.3) is 11.3 Å². The van der Waals surface area contributed by atoms with Crippen molar-refractivity contribution in [2.75, 3.05) is 20.2 Å². The Morgan fingerprint density at radius 2 is 1.92 bits per heavy atom. The molecule has 9 nitrogen and oxygen atoms in total. The van der Waals surface area contributed by atoms with Gasteiger partial charge in [-0.1, -0.05) is 0 Å². The van der Waals surface area contributed by atoms with E-state index in [-0.39, 0.29) is 53.0 Å². The molecule has 4 fully saturated rings. The van der Waals surface area contributed by atoms with E-state index in [1.807, 2.05) is 0 Å². The van der Waals surface area contributed by atoms with Gasteiger partial charge in [-0.25, -0.2) is 18.2 Å². The molecule has 2 saturated carbocycles. The third-order valence-corrected chi connectivity index (χ3v) is 9.00. The van der Waals surface area contributed by atoms with Crippen molar-refractivity contribution in [2.24, 2.45) is 5.92 Å². The number of carbonyl (C=O) groups is 2. The van der Waals surface area contributed by atoms with Crippen molar-refractivity contribution >= 4 is 11.8 Å². The Bertz CT molecular complexity index is 1250. The molecule has 2 aromatic rings. The molecule has 0 radical (unpaired) electrons. The number of aromatic nitrogens is 3. The van der Waals surface area contributed by atoms with Gasteiger partial charge in [0.15, 0.2) is 11.5 Å². The van der Waals surface area contributed by atoms with E-state index in [0.717, 1.165) is 19.0 Å². The number of piperidine rings is 1. The number of aromatic amines is 1. The summed E-state index contributed by atoms with van der Waals surface area (Å²) in [5.74, 6) is -3.53. The topological polar surface area (TPSA) is 112 Å². The largest absolute Gasteiger partial charge is 0.481 e. The average Bonchev–Trinajstić information content (AvgIpc) is 3.49. The van der Waals surface area contributed by atoms with Crippen molar-refractivity contribution in [1.29, 1.82) is 0 Å². The number of H-pyrrole nitrogens is 1. The van der Waals surface area contributed by atoms with E-state index < -0.39 is 17.3 Å². The first kappa shape index (κ1) is 25.1. The fourth-order valence-electron chi connectivity index (χ4n) is 6.39. The van der Waals surface area contributed by atoms with Gasteiger partial charge in [0, 0.05) is 35.7 Å². The van der Waals surface area contributed by atoms with Crippen molar-refractivity contribution in [3.05, 3.63) is 29.8 Å². The van der Waals surface area contributed by atoms with Crippen molar-refractivity contribution < 1.29 is 27.5 Å². The Kier molecular flexibility index (Phi) is 5.93. The minimum atomic E-state index is -2.67. The van der Waals surface area contributed by atoms with Crippen molar-refractivity contribution in [3.8, 4) is 17.1 Å². The van der Waals surface area contributed by atoms with Crippen LogP contribution >= 0.6 is 0 Å².